The molecule has 2 heterocycles. The quantitative estimate of drug-likeness (QED) is 0.280. The number of phenols is 2. The van der Waals surface area contributed by atoms with Crippen LogP contribution >= 0.6 is 11.3 Å². The number of anilines is 1. The van der Waals surface area contributed by atoms with Gasteiger partial charge in [-0.3, -0.25) is 0 Å². The van der Waals surface area contributed by atoms with Crippen molar-refractivity contribution in [1.29, 1.82) is 0 Å². The Morgan fingerprint density at radius 2 is 1.88 bits per heavy atom. The molecule has 0 fully saturated rings. The topological polar surface area (TPSA) is 91.4 Å². The van der Waals surface area contributed by atoms with Gasteiger partial charge in [-0.15, -0.1) is 11.3 Å². The third kappa shape index (κ3) is 4.41. The summed E-state index contributed by atoms with van der Waals surface area (Å²) in [6, 6.07) is 16.1. The fraction of sp³-hybridized carbons (Fsp3) is 0.0400. The van der Waals surface area contributed by atoms with Crippen molar-refractivity contribution in [3.05, 3.63) is 94.5 Å². The number of halogens is 1. The highest BCUT2D eigenvalue weighted by Crippen LogP contribution is 2.34. The first-order chi connectivity index (χ1) is 16.5. The Morgan fingerprint density at radius 3 is 2.68 bits per heavy atom. The lowest BCUT2D eigenvalue weighted by Gasteiger charge is -2.21. The minimum Gasteiger partial charge on any atom is -0.504 e. The largest absolute Gasteiger partial charge is 0.504 e. The van der Waals surface area contributed by atoms with E-state index in [1.54, 1.807) is 29.1 Å². The number of fused-ring (bicyclic) bond motifs is 1. The summed E-state index contributed by atoms with van der Waals surface area (Å²) in [6.07, 6.45) is 1.56. The summed E-state index contributed by atoms with van der Waals surface area (Å²) < 4.78 is 20.7. The number of hydrogen-bond donors (Lipinski definition) is 3. The summed E-state index contributed by atoms with van der Waals surface area (Å²) in [6.45, 7) is 4.34. The normalized spacial score (nSPS) is 13.6. The molecule has 0 spiro atoms. The summed E-state index contributed by atoms with van der Waals surface area (Å²) in [7, 11) is 0. The van der Waals surface area contributed by atoms with Crippen molar-refractivity contribution >= 4 is 28.9 Å². The second-order valence-electron chi connectivity index (χ2n) is 7.52. The molecule has 1 aliphatic heterocycles. The predicted octanol–water partition coefficient (Wildman–Crippen LogP) is 5.20. The van der Waals surface area contributed by atoms with Crippen LogP contribution in [-0.4, -0.2) is 27.7 Å². The Kier molecular flexibility index (Phi) is 5.60. The molecule has 3 N–H and O–H groups in total. The Balaban J connectivity index is 1.62. The molecule has 7 nitrogen and oxygen atoms in total. The fourth-order valence-electron chi connectivity index (χ4n) is 3.36. The van der Waals surface area contributed by atoms with Crippen LogP contribution in [0.5, 0.6) is 17.2 Å². The van der Waals surface area contributed by atoms with E-state index in [2.05, 4.69) is 22.0 Å². The van der Waals surface area contributed by atoms with Gasteiger partial charge in [-0.25, -0.2) is 14.1 Å². The van der Waals surface area contributed by atoms with Gasteiger partial charge in [0.2, 0.25) is 4.80 Å². The van der Waals surface area contributed by atoms with Crippen molar-refractivity contribution in [2.24, 2.45) is 10.1 Å². The predicted molar refractivity (Wildman–Crippen MR) is 130 cm³/mol. The van der Waals surface area contributed by atoms with Crippen LogP contribution < -0.4 is 14.9 Å². The maximum Gasteiger partial charge on any atom is 0.211 e. The molecule has 34 heavy (non-hydrogen) atoms. The maximum absolute atomic E-state index is 13.3. The van der Waals surface area contributed by atoms with Crippen LogP contribution in [0.1, 0.15) is 5.56 Å². The van der Waals surface area contributed by atoms with E-state index < -0.39 is 0 Å². The molecule has 0 bridgehead atoms. The van der Waals surface area contributed by atoms with Gasteiger partial charge in [-0.2, -0.15) is 5.10 Å². The highest BCUT2D eigenvalue weighted by atomic mass is 32.1. The molecule has 9 heteroatoms. The molecule has 1 aliphatic rings. The van der Waals surface area contributed by atoms with E-state index >= 15 is 0 Å². The number of benzene rings is 3. The Hall–Kier alpha value is -4.37. The van der Waals surface area contributed by atoms with Gasteiger partial charge in [-0.1, -0.05) is 6.58 Å². The molecular weight excluding hydrogens is 455 g/mol. The van der Waals surface area contributed by atoms with E-state index in [1.165, 1.54) is 35.6 Å². The Labute approximate surface area is 198 Å². The van der Waals surface area contributed by atoms with Crippen molar-refractivity contribution in [3.63, 3.8) is 0 Å². The second-order valence-corrected chi connectivity index (χ2v) is 8.36. The summed E-state index contributed by atoms with van der Waals surface area (Å²) >= 11 is 1.38. The Morgan fingerprint density at radius 1 is 1.06 bits per heavy atom. The lowest BCUT2D eigenvalue weighted by atomic mass is 10.1. The molecule has 5 rings (SSSR count). The van der Waals surface area contributed by atoms with Crippen molar-refractivity contribution in [3.8, 4) is 28.5 Å². The number of nitrogens with zero attached hydrogens (tertiary/aromatic N) is 3. The van der Waals surface area contributed by atoms with E-state index in [1.807, 2.05) is 23.6 Å². The molecule has 3 aromatic carbocycles. The summed E-state index contributed by atoms with van der Waals surface area (Å²) in [5.74, 6) is -0.0541. The van der Waals surface area contributed by atoms with Gasteiger partial charge in [0.05, 0.1) is 23.3 Å². The minimum atomic E-state index is -0.339. The Bertz CT molecular complexity index is 1490. The van der Waals surface area contributed by atoms with Crippen LogP contribution in [0, 0.1) is 5.82 Å². The zero-order valence-electron chi connectivity index (χ0n) is 17.8. The summed E-state index contributed by atoms with van der Waals surface area (Å²) in [5.41, 5.74) is 4.37. The summed E-state index contributed by atoms with van der Waals surface area (Å²) in [5, 5.41) is 29.1. The van der Waals surface area contributed by atoms with E-state index in [-0.39, 0.29) is 17.3 Å². The molecule has 0 radical (unpaired) electrons. The highest BCUT2D eigenvalue weighted by molar-refractivity contribution is 7.07. The van der Waals surface area contributed by atoms with Crippen LogP contribution in [0.25, 0.3) is 11.3 Å². The van der Waals surface area contributed by atoms with E-state index in [0.717, 1.165) is 28.4 Å². The lowest BCUT2D eigenvalue weighted by molar-refractivity contribution is 0.346. The number of thiazole rings is 1. The van der Waals surface area contributed by atoms with Gasteiger partial charge in [0.1, 0.15) is 18.2 Å². The molecule has 0 saturated heterocycles. The molecule has 1 aromatic heterocycles. The molecule has 0 unspecified atom stereocenters. The van der Waals surface area contributed by atoms with Gasteiger partial charge in [0.15, 0.2) is 11.5 Å². The average Bonchev–Trinajstić information content (AvgIpc) is 3.23. The number of ether oxygens (including phenoxy) is 1. The van der Waals surface area contributed by atoms with Crippen LogP contribution in [-0.2, 0) is 0 Å². The smallest absolute Gasteiger partial charge is 0.211 e. The maximum atomic E-state index is 13.3. The van der Waals surface area contributed by atoms with Gasteiger partial charge in [-0.05, 0) is 66.2 Å². The highest BCUT2D eigenvalue weighted by Gasteiger charge is 2.15. The lowest BCUT2D eigenvalue weighted by Crippen LogP contribution is -2.15. The molecule has 0 amide bonds. The number of phenolic OH excluding ortho intramolecular Hbond substituents is 2. The van der Waals surface area contributed by atoms with Crippen LogP contribution in [0.4, 0.5) is 15.8 Å². The first kappa shape index (κ1) is 21.5. The number of aromatic nitrogens is 1. The zero-order valence-corrected chi connectivity index (χ0v) is 18.6. The van der Waals surface area contributed by atoms with Crippen LogP contribution in [0.15, 0.2) is 88.4 Å². The van der Waals surface area contributed by atoms with Crippen molar-refractivity contribution in [2.75, 3.05) is 11.9 Å². The van der Waals surface area contributed by atoms with Crippen molar-refractivity contribution in [1.82, 2.24) is 4.68 Å². The third-order valence-electron chi connectivity index (χ3n) is 5.05. The van der Waals surface area contributed by atoms with Gasteiger partial charge in [0, 0.05) is 16.6 Å². The molecule has 170 valence electrons. The molecule has 0 aliphatic carbocycles. The summed E-state index contributed by atoms with van der Waals surface area (Å²) in [4.78, 5) is 5.19. The molecule has 0 atom stereocenters. The van der Waals surface area contributed by atoms with Crippen LogP contribution in [0.3, 0.4) is 0 Å². The SMILES string of the molecule is C=C1COc2ccc(-c3csc(=Nc4ccc(F)cc4)n3/N=C/c3ccc(O)c(O)c3)cc2N1. The minimum absolute atomic E-state index is 0.210. The monoisotopic (exact) mass is 474 g/mol. The molecule has 4 aromatic rings. The second kappa shape index (κ2) is 8.87. The van der Waals surface area contributed by atoms with Gasteiger partial charge >= 0.3 is 0 Å². The molecular formula is C25H19FN4O3S. The first-order valence-corrected chi connectivity index (χ1v) is 11.1. The van der Waals surface area contributed by atoms with Crippen molar-refractivity contribution in [2.45, 2.75) is 0 Å². The third-order valence-corrected chi connectivity index (χ3v) is 5.86. The average molecular weight is 475 g/mol. The number of nitrogens with one attached hydrogen (secondary N) is 1. The zero-order chi connectivity index (χ0) is 23.7. The van der Waals surface area contributed by atoms with Crippen LogP contribution in [0.2, 0.25) is 0 Å². The van der Waals surface area contributed by atoms with E-state index in [9.17, 15) is 14.6 Å². The number of rotatable bonds is 4. The standard InChI is InChI=1S/C25H19FN4O3S/c1-15-13-33-24-9-3-17(11-20(24)28-15)21-14-34-25(29-19-6-4-18(26)5-7-19)30(21)27-12-16-2-8-22(31)23(32)10-16/h2-12,14,28,31-32H,1,13H2/b27-12+,29-25?. The van der Waals surface area contributed by atoms with E-state index in [4.69, 9.17) is 4.74 Å². The van der Waals surface area contributed by atoms with Gasteiger partial charge < -0.3 is 20.3 Å². The van der Waals surface area contributed by atoms with Gasteiger partial charge in [0.25, 0.3) is 0 Å². The molecule has 0 saturated carbocycles. The fourth-order valence-corrected chi connectivity index (χ4v) is 4.22. The first-order valence-electron chi connectivity index (χ1n) is 10.3. The number of hydrogen-bond acceptors (Lipinski definition) is 7. The van der Waals surface area contributed by atoms with Crippen molar-refractivity contribution < 1.29 is 19.3 Å². The van der Waals surface area contributed by atoms with E-state index in [0.29, 0.717) is 22.7 Å². The number of aromatic hydroxyl groups is 2.